The van der Waals surface area contributed by atoms with E-state index < -0.39 is 0 Å². The predicted octanol–water partition coefficient (Wildman–Crippen LogP) is 13.2. The maximum Gasteiger partial charge on any atom is 0.156 e. The zero-order valence-corrected chi connectivity index (χ0v) is 30.4. The van der Waals surface area contributed by atoms with Gasteiger partial charge in [0.2, 0.25) is 0 Å². The van der Waals surface area contributed by atoms with Gasteiger partial charge in [-0.3, -0.25) is 4.99 Å². The van der Waals surface area contributed by atoms with E-state index in [-0.39, 0.29) is 11.5 Å². The molecule has 0 N–H and O–H groups in total. The highest BCUT2D eigenvalue weighted by Gasteiger charge is 2.42. The van der Waals surface area contributed by atoms with Gasteiger partial charge in [0.05, 0.1) is 6.04 Å². The number of hydrogen-bond donors (Lipinski definition) is 0. The van der Waals surface area contributed by atoms with Crippen molar-refractivity contribution >= 4 is 22.3 Å². The van der Waals surface area contributed by atoms with Crippen molar-refractivity contribution in [3.8, 4) is 22.3 Å². The van der Waals surface area contributed by atoms with Crippen LogP contribution < -0.4 is 0 Å². The molecule has 0 aliphatic heterocycles. The van der Waals surface area contributed by atoms with Crippen LogP contribution in [0.2, 0.25) is 0 Å². The molecule has 2 atom stereocenters. The van der Waals surface area contributed by atoms with Crippen molar-refractivity contribution in [3.63, 3.8) is 0 Å². The number of hydrogen-bond acceptors (Lipinski definition) is 1. The molecule has 6 aromatic rings. The van der Waals surface area contributed by atoms with Gasteiger partial charge in [-0.15, -0.1) is 6.58 Å². The van der Waals surface area contributed by atoms with E-state index in [0.717, 1.165) is 34.5 Å². The monoisotopic (exact) mass is 664 g/mol. The SMILES string of the molecule is C=CC1(CCC(CC)CC)c2ccccc2-c2cccc(-c3ccc(/C(C)=N/C(=N\C(C)c4ccccc4)c4cccc5ccccc45)cc3)c21. The summed E-state index contributed by atoms with van der Waals surface area (Å²) in [5.74, 6) is 1.46. The first-order chi connectivity index (χ1) is 25.0. The van der Waals surface area contributed by atoms with Gasteiger partial charge in [-0.05, 0) is 87.9 Å². The summed E-state index contributed by atoms with van der Waals surface area (Å²) in [7, 11) is 0. The van der Waals surface area contributed by atoms with Crippen LogP contribution in [0.25, 0.3) is 33.0 Å². The van der Waals surface area contributed by atoms with Crippen LogP contribution >= 0.6 is 0 Å². The van der Waals surface area contributed by atoms with Crippen LogP contribution in [0.1, 0.15) is 87.2 Å². The van der Waals surface area contributed by atoms with Gasteiger partial charge in [0.1, 0.15) is 0 Å². The Labute approximate surface area is 304 Å². The Morgan fingerprint density at radius 2 is 1.35 bits per heavy atom. The second-order valence-electron chi connectivity index (χ2n) is 14.0. The average Bonchev–Trinajstić information content (AvgIpc) is 3.48. The third kappa shape index (κ3) is 6.52. The van der Waals surface area contributed by atoms with Crippen LogP contribution in [0.4, 0.5) is 0 Å². The molecule has 0 amide bonds. The van der Waals surface area contributed by atoms with E-state index in [4.69, 9.17) is 9.98 Å². The van der Waals surface area contributed by atoms with Crippen LogP contribution in [0.3, 0.4) is 0 Å². The van der Waals surface area contributed by atoms with E-state index in [1.807, 2.05) is 6.07 Å². The first-order valence-corrected chi connectivity index (χ1v) is 18.6. The molecule has 2 unspecified atom stereocenters. The van der Waals surface area contributed by atoms with E-state index >= 15 is 0 Å². The number of fused-ring (bicyclic) bond motifs is 4. The van der Waals surface area contributed by atoms with Crippen molar-refractivity contribution in [1.29, 1.82) is 0 Å². The van der Waals surface area contributed by atoms with E-state index in [1.54, 1.807) is 0 Å². The zero-order chi connectivity index (χ0) is 35.4. The molecule has 7 rings (SSSR count). The Morgan fingerprint density at radius 1 is 0.706 bits per heavy atom. The van der Waals surface area contributed by atoms with Crippen LogP contribution in [-0.4, -0.2) is 11.5 Å². The number of aliphatic imine (C=N–C) groups is 2. The van der Waals surface area contributed by atoms with Gasteiger partial charge in [0, 0.05) is 16.7 Å². The van der Waals surface area contributed by atoms with Crippen LogP contribution in [0.15, 0.2) is 162 Å². The molecular weight excluding hydrogens is 617 g/mol. The molecule has 0 saturated heterocycles. The molecule has 0 bridgehead atoms. The van der Waals surface area contributed by atoms with Gasteiger partial charge in [0.15, 0.2) is 5.84 Å². The van der Waals surface area contributed by atoms with E-state index in [0.29, 0.717) is 5.92 Å². The van der Waals surface area contributed by atoms with Crippen molar-refractivity contribution in [3.05, 3.63) is 180 Å². The fraction of sp³-hybridized carbons (Fsp3) is 0.224. The molecular formula is C49H48N2. The fourth-order valence-electron chi connectivity index (χ4n) is 8.13. The zero-order valence-electron chi connectivity index (χ0n) is 30.4. The first-order valence-electron chi connectivity index (χ1n) is 18.6. The molecule has 1 aliphatic carbocycles. The minimum atomic E-state index is -0.222. The largest absolute Gasteiger partial charge is 0.258 e. The minimum absolute atomic E-state index is 0.0431. The maximum atomic E-state index is 5.27. The summed E-state index contributed by atoms with van der Waals surface area (Å²) in [6.07, 6.45) is 6.89. The Balaban J connectivity index is 1.28. The van der Waals surface area contributed by atoms with Crippen LogP contribution in [-0.2, 0) is 5.41 Å². The lowest BCUT2D eigenvalue weighted by atomic mass is 9.71. The molecule has 2 heteroatoms. The summed E-state index contributed by atoms with van der Waals surface area (Å²) in [6, 6.07) is 50.1. The Kier molecular flexibility index (Phi) is 9.95. The second-order valence-corrected chi connectivity index (χ2v) is 14.0. The molecule has 0 saturated carbocycles. The highest BCUT2D eigenvalue weighted by atomic mass is 14.9. The Morgan fingerprint density at radius 3 is 2.12 bits per heavy atom. The van der Waals surface area contributed by atoms with Gasteiger partial charge >= 0.3 is 0 Å². The molecule has 0 aromatic heterocycles. The molecule has 2 nitrogen and oxygen atoms in total. The summed E-state index contributed by atoms with van der Waals surface area (Å²) < 4.78 is 0. The van der Waals surface area contributed by atoms with Gasteiger partial charge in [0.25, 0.3) is 0 Å². The minimum Gasteiger partial charge on any atom is -0.258 e. The van der Waals surface area contributed by atoms with Gasteiger partial charge in [-0.2, -0.15) is 0 Å². The van der Waals surface area contributed by atoms with Gasteiger partial charge in [-0.25, -0.2) is 4.99 Å². The Bertz CT molecular complexity index is 2210. The molecule has 254 valence electrons. The van der Waals surface area contributed by atoms with Crippen molar-refractivity contribution in [1.82, 2.24) is 0 Å². The molecule has 1 aliphatic rings. The average molecular weight is 665 g/mol. The van der Waals surface area contributed by atoms with Crippen molar-refractivity contribution in [2.24, 2.45) is 15.9 Å². The lowest BCUT2D eigenvalue weighted by Crippen LogP contribution is -2.24. The Hall–Kier alpha value is -5.34. The van der Waals surface area contributed by atoms with E-state index in [9.17, 15) is 0 Å². The van der Waals surface area contributed by atoms with Crippen molar-refractivity contribution < 1.29 is 0 Å². The number of amidine groups is 1. The summed E-state index contributed by atoms with van der Waals surface area (Å²) in [4.78, 5) is 10.5. The third-order valence-electron chi connectivity index (χ3n) is 11.2. The maximum absolute atomic E-state index is 5.27. The first kappa shape index (κ1) is 34.1. The number of rotatable bonds is 11. The molecule has 6 aromatic carbocycles. The van der Waals surface area contributed by atoms with Crippen molar-refractivity contribution in [2.45, 2.75) is 64.8 Å². The standard InChI is InChI=1S/C49H48N2/c1-6-36(7-2)32-33-49(8-3)46-27-15-14-23-43(46)44-25-17-24-42(47(44)49)40-30-28-38(29-31-40)35(5)51-48(50-34(4)37-18-10-9-11-19-37)45-26-16-21-39-20-12-13-22-41(39)45/h8-31,34,36H,3,6-7,32-33H2,1-2,4-5H3/b50-48-,51-35+. The molecule has 51 heavy (non-hydrogen) atoms. The third-order valence-corrected chi connectivity index (χ3v) is 11.2. The fourth-order valence-corrected chi connectivity index (χ4v) is 8.13. The van der Waals surface area contributed by atoms with Crippen LogP contribution in [0, 0.1) is 5.92 Å². The predicted molar refractivity (Wildman–Crippen MR) is 219 cm³/mol. The highest BCUT2D eigenvalue weighted by molar-refractivity contribution is 6.16. The van der Waals surface area contributed by atoms with Gasteiger partial charge < -0.3 is 0 Å². The van der Waals surface area contributed by atoms with Gasteiger partial charge in [-0.1, -0.05) is 172 Å². The molecule has 0 spiro atoms. The molecule has 0 heterocycles. The lowest BCUT2D eigenvalue weighted by molar-refractivity contribution is 0.405. The molecule has 0 fully saturated rings. The van der Waals surface area contributed by atoms with Crippen LogP contribution in [0.5, 0.6) is 0 Å². The quantitative estimate of drug-likeness (QED) is 0.0748. The summed E-state index contributed by atoms with van der Waals surface area (Å²) >= 11 is 0. The summed E-state index contributed by atoms with van der Waals surface area (Å²) in [6.45, 7) is 13.4. The molecule has 0 radical (unpaired) electrons. The highest BCUT2D eigenvalue weighted by Crippen LogP contribution is 2.55. The topological polar surface area (TPSA) is 24.7 Å². The second kappa shape index (κ2) is 14.9. The normalized spacial score (nSPS) is 16.3. The number of allylic oxidation sites excluding steroid dienone is 1. The van der Waals surface area contributed by atoms with E-state index in [2.05, 4.69) is 174 Å². The lowest BCUT2D eigenvalue weighted by Gasteiger charge is -2.32. The number of benzene rings is 6. The number of nitrogens with zero attached hydrogens (tertiary/aromatic N) is 2. The van der Waals surface area contributed by atoms with Crippen molar-refractivity contribution in [2.75, 3.05) is 0 Å². The smallest absolute Gasteiger partial charge is 0.156 e. The van der Waals surface area contributed by atoms with E-state index in [1.165, 1.54) is 63.6 Å². The summed E-state index contributed by atoms with van der Waals surface area (Å²) in [5, 5.41) is 2.33. The summed E-state index contributed by atoms with van der Waals surface area (Å²) in [5.41, 5.74) is 11.9.